The Morgan fingerprint density at radius 1 is 1.36 bits per heavy atom. The summed E-state index contributed by atoms with van der Waals surface area (Å²) in [5.41, 5.74) is -0.365. The molecule has 0 fully saturated rings. The lowest BCUT2D eigenvalue weighted by molar-refractivity contribution is 0.0430. The topological polar surface area (TPSA) is 90.5 Å². The van der Waals surface area contributed by atoms with Crippen LogP contribution in [-0.4, -0.2) is 40.5 Å². The third kappa shape index (κ3) is 6.53. The lowest BCUT2D eigenvalue weighted by Crippen LogP contribution is -2.14. The molecule has 0 amide bonds. The van der Waals surface area contributed by atoms with Gasteiger partial charge in [0.1, 0.15) is 5.56 Å². The van der Waals surface area contributed by atoms with E-state index in [0.29, 0.717) is 19.3 Å². The number of aromatic nitrogens is 2. The number of unbranched alkanes of at least 4 members (excludes halogenated alkanes) is 1. The van der Waals surface area contributed by atoms with Crippen LogP contribution in [-0.2, 0) is 4.74 Å². The smallest absolute Gasteiger partial charge is 0.264 e. The number of aromatic hydroxyl groups is 1. The van der Waals surface area contributed by atoms with E-state index in [1.165, 1.54) is 19.1 Å². The van der Waals surface area contributed by atoms with Gasteiger partial charge in [0.15, 0.2) is 4.77 Å². The molecule has 0 spiro atoms. The maximum Gasteiger partial charge on any atom is 0.264 e. The van der Waals surface area contributed by atoms with E-state index < -0.39 is 5.56 Å². The average molecular weight is 327 g/mol. The molecule has 0 bridgehead atoms. The molecule has 1 atom stereocenters. The van der Waals surface area contributed by atoms with Crippen LogP contribution in [0.25, 0.3) is 0 Å². The third-order valence-electron chi connectivity index (χ3n) is 3.30. The molecule has 22 heavy (non-hydrogen) atoms. The zero-order valence-corrected chi connectivity index (χ0v) is 14.0. The molecule has 124 valence electrons. The predicted molar refractivity (Wildman–Crippen MR) is 90.5 cm³/mol. The van der Waals surface area contributed by atoms with Gasteiger partial charge in [-0.1, -0.05) is 26.7 Å². The van der Waals surface area contributed by atoms with Crippen molar-refractivity contribution >= 4 is 18.4 Å². The van der Waals surface area contributed by atoms with E-state index in [1.807, 2.05) is 0 Å². The standard InChI is InChI=1S/C15H25N3O3S/c1-3-5-7-11(4-2)21-9-6-8-16-10-12-13(19)17-15(22)18-14(12)20/h10-11H,3-9H2,1-2H3,(H3,17,18,19,20,22)/t11-/m1/s1. The fourth-order valence-corrected chi connectivity index (χ4v) is 2.19. The second-order valence-electron chi connectivity index (χ2n) is 5.10. The molecule has 0 aromatic carbocycles. The van der Waals surface area contributed by atoms with Gasteiger partial charge < -0.3 is 14.8 Å². The summed E-state index contributed by atoms with van der Waals surface area (Å²) in [5.74, 6) is -0.264. The maximum atomic E-state index is 11.6. The van der Waals surface area contributed by atoms with Gasteiger partial charge in [0.25, 0.3) is 5.56 Å². The number of nitrogens with one attached hydrogen (secondary N) is 2. The first-order chi connectivity index (χ1) is 10.6. The summed E-state index contributed by atoms with van der Waals surface area (Å²) >= 11 is 4.75. The molecule has 0 aliphatic heterocycles. The number of ether oxygens (including phenoxy) is 1. The number of nitrogens with zero attached hydrogens (tertiary/aromatic N) is 1. The summed E-state index contributed by atoms with van der Waals surface area (Å²) in [6, 6.07) is 0. The minimum absolute atomic E-state index is 0.0869. The van der Waals surface area contributed by atoms with Crippen LogP contribution in [0.3, 0.4) is 0 Å². The first kappa shape index (κ1) is 18.6. The highest BCUT2D eigenvalue weighted by atomic mass is 32.1. The van der Waals surface area contributed by atoms with Crippen molar-refractivity contribution < 1.29 is 9.84 Å². The summed E-state index contributed by atoms with van der Waals surface area (Å²) in [5, 5.41) is 9.60. The average Bonchev–Trinajstić information content (AvgIpc) is 2.47. The third-order valence-corrected chi connectivity index (χ3v) is 3.50. The summed E-state index contributed by atoms with van der Waals surface area (Å²) in [4.78, 5) is 20.6. The Morgan fingerprint density at radius 3 is 2.77 bits per heavy atom. The van der Waals surface area contributed by atoms with Gasteiger partial charge >= 0.3 is 0 Å². The van der Waals surface area contributed by atoms with Gasteiger partial charge in [0, 0.05) is 19.4 Å². The van der Waals surface area contributed by atoms with Crippen LogP contribution in [0.2, 0.25) is 0 Å². The Hall–Kier alpha value is -1.47. The second kappa shape index (κ2) is 10.3. The second-order valence-corrected chi connectivity index (χ2v) is 5.51. The predicted octanol–water partition coefficient (Wildman–Crippen LogP) is 2.93. The van der Waals surface area contributed by atoms with Gasteiger partial charge in [0.05, 0.1) is 6.10 Å². The molecular weight excluding hydrogens is 302 g/mol. The monoisotopic (exact) mass is 327 g/mol. The van der Waals surface area contributed by atoms with E-state index in [9.17, 15) is 9.90 Å². The van der Waals surface area contributed by atoms with E-state index in [1.54, 1.807) is 0 Å². The number of aliphatic imine (C=N–C) groups is 1. The highest BCUT2D eigenvalue weighted by Gasteiger charge is 2.05. The highest BCUT2D eigenvalue weighted by Crippen LogP contribution is 2.09. The van der Waals surface area contributed by atoms with E-state index in [2.05, 4.69) is 28.8 Å². The SMILES string of the molecule is CCCC[C@@H](CC)OCCCN=Cc1c(O)[nH]c(=S)[nH]c1=O. The van der Waals surface area contributed by atoms with E-state index in [-0.39, 0.29) is 16.2 Å². The van der Waals surface area contributed by atoms with Crippen molar-refractivity contribution in [3.8, 4) is 5.88 Å². The lowest BCUT2D eigenvalue weighted by atomic mass is 10.1. The van der Waals surface area contributed by atoms with Crippen molar-refractivity contribution in [2.45, 2.75) is 52.1 Å². The number of aromatic amines is 2. The normalized spacial score (nSPS) is 12.8. The van der Waals surface area contributed by atoms with Crippen molar-refractivity contribution in [1.29, 1.82) is 0 Å². The zero-order valence-electron chi connectivity index (χ0n) is 13.2. The van der Waals surface area contributed by atoms with Crippen molar-refractivity contribution in [1.82, 2.24) is 9.97 Å². The molecule has 1 aromatic rings. The summed E-state index contributed by atoms with van der Waals surface area (Å²) in [6.45, 7) is 5.50. The number of H-pyrrole nitrogens is 2. The molecule has 0 saturated carbocycles. The van der Waals surface area contributed by atoms with Crippen LogP contribution < -0.4 is 5.56 Å². The number of hydrogen-bond acceptors (Lipinski definition) is 5. The Kier molecular flexibility index (Phi) is 8.69. The van der Waals surface area contributed by atoms with Crippen LogP contribution >= 0.6 is 12.2 Å². The van der Waals surface area contributed by atoms with Gasteiger partial charge in [-0.3, -0.25) is 14.8 Å². The molecular formula is C15H25N3O3S. The Balaban J connectivity index is 2.36. The zero-order chi connectivity index (χ0) is 16.4. The first-order valence-corrected chi connectivity index (χ1v) is 8.16. The first-order valence-electron chi connectivity index (χ1n) is 7.75. The van der Waals surface area contributed by atoms with Gasteiger partial charge in [-0.25, -0.2) is 0 Å². The van der Waals surface area contributed by atoms with Crippen LogP contribution in [0.15, 0.2) is 9.79 Å². The van der Waals surface area contributed by atoms with Crippen molar-refractivity contribution in [2.24, 2.45) is 4.99 Å². The molecule has 0 unspecified atom stereocenters. The fourth-order valence-electron chi connectivity index (χ4n) is 2.00. The minimum Gasteiger partial charge on any atom is -0.494 e. The largest absolute Gasteiger partial charge is 0.494 e. The maximum absolute atomic E-state index is 11.6. The van der Waals surface area contributed by atoms with Crippen LogP contribution in [0.4, 0.5) is 0 Å². The molecule has 1 aromatic heterocycles. The Labute approximate surface area is 135 Å². The molecule has 1 rings (SSSR count). The Morgan fingerprint density at radius 2 is 2.14 bits per heavy atom. The van der Waals surface area contributed by atoms with Crippen LogP contribution in [0.1, 0.15) is 51.5 Å². The summed E-state index contributed by atoms with van der Waals surface area (Å²) in [6.07, 6.45) is 6.95. The number of rotatable bonds is 10. The molecule has 0 radical (unpaired) electrons. The molecule has 3 N–H and O–H groups in total. The molecule has 6 nitrogen and oxygen atoms in total. The quantitative estimate of drug-likeness (QED) is 0.350. The Bertz CT molecular complexity index is 580. The van der Waals surface area contributed by atoms with Gasteiger partial charge in [0.2, 0.25) is 5.88 Å². The van der Waals surface area contributed by atoms with Gasteiger partial charge in [-0.15, -0.1) is 0 Å². The van der Waals surface area contributed by atoms with E-state index >= 15 is 0 Å². The molecule has 0 saturated heterocycles. The van der Waals surface area contributed by atoms with E-state index in [0.717, 1.165) is 19.3 Å². The van der Waals surface area contributed by atoms with E-state index in [4.69, 9.17) is 17.0 Å². The van der Waals surface area contributed by atoms with Crippen molar-refractivity contribution in [3.05, 3.63) is 20.7 Å². The number of hydrogen-bond donors (Lipinski definition) is 3. The molecule has 0 aliphatic carbocycles. The highest BCUT2D eigenvalue weighted by molar-refractivity contribution is 7.71. The van der Waals surface area contributed by atoms with Gasteiger partial charge in [-0.05, 0) is 31.5 Å². The fraction of sp³-hybridized carbons (Fsp3) is 0.667. The van der Waals surface area contributed by atoms with Crippen molar-refractivity contribution in [2.75, 3.05) is 13.2 Å². The molecule has 7 heteroatoms. The summed E-state index contributed by atoms with van der Waals surface area (Å²) in [7, 11) is 0. The minimum atomic E-state index is -0.452. The van der Waals surface area contributed by atoms with Crippen molar-refractivity contribution in [3.63, 3.8) is 0 Å². The molecule has 0 aliphatic rings. The molecule has 1 heterocycles. The van der Waals surface area contributed by atoms with Gasteiger partial charge in [-0.2, -0.15) is 0 Å². The summed E-state index contributed by atoms with van der Waals surface area (Å²) < 4.78 is 5.89. The lowest BCUT2D eigenvalue weighted by Gasteiger charge is -2.15. The van der Waals surface area contributed by atoms with Crippen LogP contribution in [0.5, 0.6) is 5.88 Å². The van der Waals surface area contributed by atoms with Crippen LogP contribution in [0, 0.1) is 4.77 Å².